The van der Waals surface area contributed by atoms with E-state index < -0.39 is 0 Å². The number of anilines is 1. The van der Waals surface area contributed by atoms with E-state index in [0.29, 0.717) is 24.5 Å². The zero-order chi connectivity index (χ0) is 16.9. The number of hydrogen-bond acceptors (Lipinski definition) is 3. The summed E-state index contributed by atoms with van der Waals surface area (Å²) in [6.45, 7) is 0.895. The molecule has 6 heteroatoms. The highest BCUT2D eigenvalue weighted by molar-refractivity contribution is 6.30. The quantitative estimate of drug-likeness (QED) is 0.907. The molecular weight excluding hydrogens is 326 g/mol. The highest BCUT2D eigenvalue weighted by atomic mass is 35.5. The largest absolute Gasteiger partial charge is 0.355 e. The van der Waals surface area contributed by atoms with Gasteiger partial charge in [-0.1, -0.05) is 23.7 Å². The lowest BCUT2D eigenvalue weighted by atomic mass is 10.1. The van der Waals surface area contributed by atoms with E-state index in [1.165, 1.54) is 0 Å². The standard InChI is InChI=1S/C18H18ClN3O2/c19-14-4-3-6-16(11-14)22-12-13(10-17(22)23)18(24)21-9-7-15-5-1-2-8-20-15/h1-6,8,11,13H,7,9-10,12H2,(H,21,24)/t13-/m0/s1. The van der Waals surface area contributed by atoms with Crippen LogP contribution in [-0.4, -0.2) is 29.9 Å². The van der Waals surface area contributed by atoms with Crippen molar-refractivity contribution < 1.29 is 9.59 Å². The molecule has 124 valence electrons. The van der Waals surface area contributed by atoms with E-state index >= 15 is 0 Å². The van der Waals surface area contributed by atoms with Gasteiger partial charge in [-0.2, -0.15) is 0 Å². The van der Waals surface area contributed by atoms with Gasteiger partial charge >= 0.3 is 0 Å². The second-order valence-corrected chi connectivity index (χ2v) is 6.18. The summed E-state index contributed by atoms with van der Waals surface area (Å²) in [7, 11) is 0. The minimum Gasteiger partial charge on any atom is -0.355 e. The Morgan fingerprint density at radius 3 is 2.92 bits per heavy atom. The lowest BCUT2D eigenvalue weighted by Gasteiger charge is -2.17. The van der Waals surface area contributed by atoms with Crippen molar-refractivity contribution in [3.63, 3.8) is 0 Å². The summed E-state index contributed by atoms with van der Waals surface area (Å²) in [5.41, 5.74) is 1.66. The number of amides is 2. The van der Waals surface area contributed by atoms with Crippen LogP contribution in [0.4, 0.5) is 5.69 Å². The van der Waals surface area contributed by atoms with Crippen LogP contribution in [0.3, 0.4) is 0 Å². The molecule has 0 radical (unpaired) electrons. The number of carbonyl (C=O) groups excluding carboxylic acids is 2. The van der Waals surface area contributed by atoms with Crippen LogP contribution in [0.15, 0.2) is 48.7 Å². The van der Waals surface area contributed by atoms with Crippen molar-refractivity contribution >= 4 is 29.1 Å². The zero-order valence-corrected chi connectivity index (χ0v) is 13.9. The summed E-state index contributed by atoms with van der Waals surface area (Å²) in [5, 5.41) is 3.47. The predicted octanol–water partition coefficient (Wildman–Crippen LogP) is 2.45. The van der Waals surface area contributed by atoms with Gasteiger partial charge in [0.2, 0.25) is 11.8 Å². The van der Waals surface area contributed by atoms with Crippen LogP contribution in [0, 0.1) is 5.92 Å². The van der Waals surface area contributed by atoms with Crippen LogP contribution in [0.5, 0.6) is 0 Å². The van der Waals surface area contributed by atoms with Crippen LogP contribution in [0.1, 0.15) is 12.1 Å². The van der Waals surface area contributed by atoms with Crippen LogP contribution >= 0.6 is 11.6 Å². The first-order valence-electron chi connectivity index (χ1n) is 7.87. The summed E-state index contributed by atoms with van der Waals surface area (Å²) < 4.78 is 0. The first-order valence-corrected chi connectivity index (χ1v) is 8.25. The predicted molar refractivity (Wildman–Crippen MR) is 92.9 cm³/mol. The van der Waals surface area contributed by atoms with Gasteiger partial charge in [0, 0.05) is 48.5 Å². The Morgan fingerprint density at radius 2 is 2.17 bits per heavy atom. The second kappa shape index (κ2) is 7.45. The summed E-state index contributed by atoms with van der Waals surface area (Å²) in [6, 6.07) is 12.8. The van der Waals surface area contributed by atoms with Gasteiger partial charge in [0.1, 0.15) is 0 Å². The maximum absolute atomic E-state index is 12.3. The third-order valence-electron chi connectivity index (χ3n) is 4.02. The lowest BCUT2D eigenvalue weighted by Crippen LogP contribution is -2.34. The summed E-state index contributed by atoms with van der Waals surface area (Å²) in [6.07, 6.45) is 2.63. The van der Waals surface area contributed by atoms with E-state index in [1.54, 1.807) is 29.3 Å². The summed E-state index contributed by atoms with van der Waals surface area (Å²) >= 11 is 5.97. The fraction of sp³-hybridized carbons (Fsp3) is 0.278. The summed E-state index contributed by atoms with van der Waals surface area (Å²) in [5.74, 6) is -0.480. The molecule has 1 aliphatic rings. The topological polar surface area (TPSA) is 62.3 Å². The molecule has 0 unspecified atom stereocenters. The van der Waals surface area contributed by atoms with Crippen molar-refractivity contribution in [2.75, 3.05) is 18.0 Å². The van der Waals surface area contributed by atoms with Gasteiger partial charge < -0.3 is 10.2 Å². The van der Waals surface area contributed by atoms with Crippen LogP contribution in [0.2, 0.25) is 5.02 Å². The number of pyridine rings is 1. The van der Waals surface area contributed by atoms with E-state index in [2.05, 4.69) is 10.3 Å². The Kier molecular flexibility index (Phi) is 5.11. The van der Waals surface area contributed by atoms with E-state index in [0.717, 1.165) is 11.4 Å². The Hall–Kier alpha value is -2.40. The van der Waals surface area contributed by atoms with Crippen molar-refractivity contribution in [2.45, 2.75) is 12.8 Å². The van der Waals surface area contributed by atoms with Gasteiger partial charge in [-0.25, -0.2) is 0 Å². The Bertz CT molecular complexity index is 736. The monoisotopic (exact) mass is 343 g/mol. The lowest BCUT2D eigenvalue weighted by molar-refractivity contribution is -0.126. The molecule has 0 spiro atoms. The molecule has 3 rings (SSSR count). The first-order chi connectivity index (χ1) is 11.6. The molecule has 1 aliphatic heterocycles. The van der Waals surface area contributed by atoms with Crippen molar-refractivity contribution in [1.29, 1.82) is 0 Å². The molecule has 1 N–H and O–H groups in total. The van der Waals surface area contributed by atoms with Gasteiger partial charge in [0.15, 0.2) is 0 Å². The number of halogens is 1. The third-order valence-corrected chi connectivity index (χ3v) is 4.26. The van der Waals surface area contributed by atoms with Gasteiger partial charge in [-0.15, -0.1) is 0 Å². The molecule has 1 atom stereocenters. The molecule has 5 nitrogen and oxygen atoms in total. The van der Waals surface area contributed by atoms with Crippen LogP contribution in [-0.2, 0) is 16.0 Å². The number of aromatic nitrogens is 1. The Morgan fingerprint density at radius 1 is 1.29 bits per heavy atom. The fourth-order valence-corrected chi connectivity index (χ4v) is 2.97. The van der Waals surface area contributed by atoms with Crippen molar-refractivity contribution in [1.82, 2.24) is 10.3 Å². The number of carbonyl (C=O) groups is 2. The molecule has 24 heavy (non-hydrogen) atoms. The average Bonchev–Trinajstić information content (AvgIpc) is 2.98. The minimum atomic E-state index is -0.333. The van der Waals surface area contributed by atoms with Gasteiger partial charge in [-0.05, 0) is 30.3 Å². The molecule has 1 saturated heterocycles. The van der Waals surface area contributed by atoms with E-state index in [9.17, 15) is 9.59 Å². The maximum Gasteiger partial charge on any atom is 0.227 e. The van der Waals surface area contributed by atoms with Crippen LogP contribution < -0.4 is 10.2 Å². The van der Waals surface area contributed by atoms with Crippen LogP contribution in [0.25, 0.3) is 0 Å². The van der Waals surface area contributed by atoms with Gasteiger partial charge in [0.05, 0.1) is 5.92 Å². The summed E-state index contributed by atoms with van der Waals surface area (Å²) in [4.78, 5) is 30.3. The smallest absolute Gasteiger partial charge is 0.227 e. The number of nitrogens with zero attached hydrogens (tertiary/aromatic N) is 2. The normalized spacial score (nSPS) is 17.1. The Balaban J connectivity index is 1.54. The first kappa shape index (κ1) is 16.5. The molecular formula is C18H18ClN3O2. The van der Waals surface area contributed by atoms with Gasteiger partial charge in [-0.3, -0.25) is 14.6 Å². The molecule has 2 heterocycles. The molecule has 2 amide bonds. The zero-order valence-electron chi connectivity index (χ0n) is 13.1. The molecule has 1 aromatic carbocycles. The number of rotatable bonds is 5. The Labute approximate surface area is 145 Å². The van der Waals surface area contributed by atoms with E-state index in [1.807, 2.05) is 24.3 Å². The molecule has 2 aromatic rings. The highest BCUT2D eigenvalue weighted by Crippen LogP contribution is 2.27. The van der Waals surface area contributed by atoms with Gasteiger partial charge in [0.25, 0.3) is 0 Å². The number of nitrogens with one attached hydrogen (secondary N) is 1. The second-order valence-electron chi connectivity index (χ2n) is 5.75. The number of benzene rings is 1. The van der Waals surface area contributed by atoms with E-state index in [4.69, 9.17) is 11.6 Å². The highest BCUT2D eigenvalue weighted by Gasteiger charge is 2.34. The third kappa shape index (κ3) is 3.92. The van der Waals surface area contributed by atoms with Crippen molar-refractivity contribution in [2.24, 2.45) is 5.92 Å². The van der Waals surface area contributed by atoms with Crippen molar-refractivity contribution in [3.05, 3.63) is 59.4 Å². The van der Waals surface area contributed by atoms with E-state index in [-0.39, 0.29) is 24.2 Å². The molecule has 0 saturated carbocycles. The van der Waals surface area contributed by atoms with Crippen molar-refractivity contribution in [3.8, 4) is 0 Å². The maximum atomic E-state index is 12.3. The molecule has 1 aromatic heterocycles. The molecule has 0 bridgehead atoms. The fourth-order valence-electron chi connectivity index (χ4n) is 2.78. The average molecular weight is 344 g/mol. The SMILES string of the molecule is O=C(NCCc1ccccn1)[C@H]1CC(=O)N(c2cccc(Cl)c2)C1. The number of hydrogen-bond donors (Lipinski definition) is 1. The molecule has 0 aliphatic carbocycles. The molecule has 1 fully saturated rings. The minimum absolute atomic E-state index is 0.0536.